The minimum Gasteiger partial charge on any atom is -0.495 e. The molecule has 9 heteroatoms. The fourth-order valence-electron chi connectivity index (χ4n) is 2.81. The summed E-state index contributed by atoms with van der Waals surface area (Å²) in [6, 6.07) is 12.0. The fourth-order valence-corrected chi connectivity index (χ4v) is 3.65. The molecule has 1 aliphatic heterocycles. The lowest BCUT2D eigenvalue weighted by atomic mass is 10.2. The summed E-state index contributed by atoms with van der Waals surface area (Å²) in [5.41, 5.74) is 1.12. The highest BCUT2D eigenvalue weighted by molar-refractivity contribution is 8.18. The smallest absolute Gasteiger partial charge is 0.294 e. The van der Waals surface area contributed by atoms with Gasteiger partial charge in [-0.1, -0.05) is 18.2 Å². The summed E-state index contributed by atoms with van der Waals surface area (Å²) in [5.74, 6) is 0.495. The van der Waals surface area contributed by atoms with Crippen LogP contribution < -0.4 is 19.5 Å². The van der Waals surface area contributed by atoms with Crippen molar-refractivity contribution in [1.82, 2.24) is 4.90 Å². The maximum absolute atomic E-state index is 12.7. The van der Waals surface area contributed by atoms with Gasteiger partial charge in [-0.3, -0.25) is 19.3 Å². The number of nitrogens with one attached hydrogen (secondary N) is 1. The molecule has 1 heterocycles. The average molecular weight is 428 g/mol. The molecule has 0 bridgehead atoms. The van der Waals surface area contributed by atoms with Gasteiger partial charge in [0.25, 0.3) is 11.1 Å². The molecule has 0 spiro atoms. The van der Waals surface area contributed by atoms with Crippen LogP contribution in [0.2, 0.25) is 0 Å². The van der Waals surface area contributed by atoms with E-state index in [1.807, 2.05) is 0 Å². The number of imide groups is 1. The number of benzene rings is 2. The van der Waals surface area contributed by atoms with E-state index in [0.717, 1.165) is 16.7 Å². The van der Waals surface area contributed by atoms with Gasteiger partial charge < -0.3 is 19.5 Å². The molecule has 2 aromatic rings. The highest BCUT2D eigenvalue weighted by Crippen LogP contribution is 2.34. The Kier molecular flexibility index (Phi) is 6.63. The molecule has 0 atom stereocenters. The van der Waals surface area contributed by atoms with Gasteiger partial charge in [-0.05, 0) is 47.7 Å². The molecule has 1 saturated heterocycles. The topological polar surface area (TPSA) is 94.2 Å². The van der Waals surface area contributed by atoms with E-state index in [2.05, 4.69) is 5.32 Å². The number of methoxy groups -OCH3 is 3. The zero-order chi connectivity index (χ0) is 21.7. The van der Waals surface area contributed by atoms with E-state index in [0.29, 0.717) is 28.5 Å². The van der Waals surface area contributed by atoms with Gasteiger partial charge in [0, 0.05) is 0 Å². The van der Waals surface area contributed by atoms with Gasteiger partial charge in [-0.15, -0.1) is 0 Å². The van der Waals surface area contributed by atoms with Gasteiger partial charge >= 0.3 is 0 Å². The van der Waals surface area contributed by atoms with Crippen LogP contribution in [0.25, 0.3) is 6.08 Å². The molecule has 3 amide bonds. The van der Waals surface area contributed by atoms with E-state index in [-0.39, 0.29) is 4.91 Å². The molecule has 0 unspecified atom stereocenters. The third kappa shape index (κ3) is 4.57. The van der Waals surface area contributed by atoms with Crippen LogP contribution in [0.1, 0.15) is 5.56 Å². The number of carbonyl (C=O) groups excluding carboxylic acids is 3. The predicted molar refractivity (Wildman–Crippen MR) is 114 cm³/mol. The highest BCUT2D eigenvalue weighted by Gasteiger charge is 2.36. The Morgan fingerprint density at radius 3 is 2.40 bits per heavy atom. The van der Waals surface area contributed by atoms with Gasteiger partial charge in [-0.2, -0.15) is 0 Å². The monoisotopic (exact) mass is 428 g/mol. The summed E-state index contributed by atoms with van der Waals surface area (Å²) in [6.07, 6.45) is 1.57. The van der Waals surface area contributed by atoms with E-state index in [9.17, 15) is 14.4 Å². The molecule has 1 aliphatic rings. The van der Waals surface area contributed by atoms with Crippen molar-refractivity contribution < 1.29 is 28.6 Å². The largest absolute Gasteiger partial charge is 0.495 e. The maximum atomic E-state index is 12.7. The minimum atomic E-state index is -0.532. The quantitative estimate of drug-likeness (QED) is 0.676. The first-order valence-electron chi connectivity index (χ1n) is 8.87. The molecule has 30 heavy (non-hydrogen) atoms. The Morgan fingerprint density at radius 1 is 1.00 bits per heavy atom. The van der Waals surface area contributed by atoms with E-state index in [1.54, 1.807) is 48.5 Å². The normalized spacial score (nSPS) is 14.8. The van der Waals surface area contributed by atoms with Crippen molar-refractivity contribution in [2.24, 2.45) is 0 Å². The van der Waals surface area contributed by atoms with Gasteiger partial charge in [0.2, 0.25) is 5.91 Å². The van der Waals surface area contributed by atoms with E-state index >= 15 is 0 Å². The van der Waals surface area contributed by atoms with Gasteiger partial charge in [0.1, 0.15) is 12.3 Å². The maximum Gasteiger partial charge on any atom is 0.294 e. The fraction of sp³-hybridized carbons (Fsp3) is 0.190. The number of rotatable bonds is 7. The van der Waals surface area contributed by atoms with Crippen molar-refractivity contribution in [1.29, 1.82) is 0 Å². The lowest BCUT2D eigenvalue weighted by molar-refractivity contribution is -0.127. The molecular formula is C21H20N2O6S. The number of amides is 3. The third-order valence-corrected chi connectivity index (χ3v) is 5.17. The van der Waals surface area contributed by atoms with Crippen molar-refractivity contribution >= 4 is 40.6 Å². The van der Waals surface area contributed by atoms with Crippen LogP contribution >= 0.6 is 11.8 Å². The summed E-state index contributed by atoms with van der Waals surface area (Å²) in [7, 11) is 4.52. The van der Waals surface area contributed by atoms with Crippen molar-refractivity contribution in [2.45, 2.75) is 0 Å². The summed E-state index contributed by atoms with van der Waals surface area (Å²) in [4.78, 5) is 38.5. The summed E-state index contributed by atoms with van der Waals surface area (Å²) >= 11 is 0.778. The number of para-hydroxylation sites is 2. The molecule has 0 aromatic heterocycles. The molecular weight excluding hydrogens is 408 g/mol. The number of thioether (sulfide) groups is 1. The number of nitrogens with zero attached hydrogens (tertiary/aromatic N) is 1. The summed E-state index contributed by atoms with van der Waals surface area (Å²) in [6.45, 7) is -0.397. The minimum absolute atomic E-state index is 0.220. The van der Waals surface area contributed by atoms with E-state index < -0.39 is 23.6 Å². The van der Waals surface area contributed by atoms with Crippen LogP contribution in [-0.4, -0.2) is 49.8 Å². The van der Waals surface area contributed by atoms with E-state index in [4.69, 9.17) is 14.2 Å². The number of hydrogen-bond acceptors (Lipinski definition) is 7. The van der Waals surface area contributed by atoms with Gasteiger partial charge in [0.15, 0.2) is 11.5 Å². The molecule has 0 aliphatic carbocycles. The molecule has 8 nitrogen and oxygen atoms in total. The summed E-state index contributed by atoms with van der Waals surface area (Å²) < 4.78 is 15.6. The van der Waals surface area contributed by atoms with Crippen molar-refractivity contribution in [3.63, 3.8) is 0 Å². The predicted octanol–water partition coefficient (Wildman–Crippen LogP) is 3.39. The standard InChI is InChI=1S/C21H20N2O6S/c1-27-15-7-5-4-6-14(15)22-19(24)12-23-20(25)18(30-21(23)26)11-13-8-9-16(28-2)17(10-13)29-3/h4-11H,12H2,1-3H3,(H,22,24)/b18-11+. The van der Waals surface area contributed by atoms with Crippen molar-refractivity contribution in [3.05, 3.63) is 52.9 Å². The molecule has 2 aromatic carbocycles. The second-order valence-corrected chi connectivity index (χ2v) is 7.12. The summed E-state index contributed by atoms with van der Waals surface area (Å²) in [5, 5.41) is 2.14. The van der Waals surface area contributed by atoms with Crippen molar-refractivity contribution in [3.8, 4) is 17.2 Å². The molecule has 0 radical (unpaired) electrons. The number of hydrogen-bond donors (Lipinski definition) is 1. The van der Waals surface area contributed by atoms with Crippen molar-refractivity contribution in [2.75, 3.05) is 33.2 Å². The Hall–Kier alpha value is -3.46. The Labute approximate surface area is 177 Å². The molecule has 1 fully saturated rings. The molecule has 1 N–H and O–H groups in total. The average Bonchev–Trinajstić information content (AvgIpc) is 3.01. The van der Waals surface area contributed by atoms with E-state index in [1.165, 1.54) is 21.3 Å². The van der Waals surface area contributed by atoms with Crippen LogP contribution in [0, 0.1) is 0 Å². The second kappa shape index (κ2) is 9.36. The Balaban J connectivity index is 1.73. The zero-order valence-corrected chi connectivity index (χ0v) is 17.4. The Bertz CT molecular complexity index is 1020. The van der Waals surface area contributed by atoms with Crippen LogP contribution in [0.4, 0.5) is 10.5 Å². The number of carbonyl (C=O) groups is 3. The second-order valence-electron chi connectivity index (χ2n) is 6.13. The van der Waals surface area contributed by atoms with Gasteiger partial charge in [-0.25, -0.2) is 0 Å². The third-order valence-electron chi connectivity index (χ3n) is 4.26. The highest BCUT2D eigenvalue weighted by atomic mass is 32.2. The molecule has 3 rings (SSSR count). The first kappa shape index (κ1) is 21.3. The van der Waals surface area contributed by atoms with Crippen LogP contribution in [0.15, 0.2) is 47.4 Å². The first-order valence-corrected chi connectivity index (χ1v) is 9.68. The van der Waals surface area contributed by atoms with Crippen LogP contribution in [0.5, 0.6) is 17.2 Å². The van der Waals surface area contributed by atoms with Crippen LogP contribution in [0.3, 0.4) is 0 Å². The number of anilines is 1. The zero-order valence-electron chi connectivity index (χ0n) is 16.6. The Morgan fingerprint density at radius 2 is 1.70 bits per heavy atom. The lowest BCUT2D eigenvalue weighted by Gasteiger charge is -2.14. The lowest BCUT2D eigenvalue weighted by Crippen LogP contribution is -2.36. The van der Waals surface area contributed by atoms with Gasteiger partial charge in [0.05, 0.1) is 31.9 Å². The SMILES string of the molecule is COc1ccccc1NC(=O)CN1C(=O)S/C(=C/c2ccc(OC)c(OC)c2)C1=O. The number of ether oxygens (including phenoxy) is 3. The van der Waals surface area contributed by atoms with Crippen LogP contribution in [-0.2, 0) is 9.59 Å². The molecule has 0 saturated carbocycles. The first-order chi connectivity index (χ1) is 14.5. The molecule has 156 valence electrons.